The zero-order valence-corrected chi connectivity index (χ0v) is 28.5. The Morgan fingerprint density at radius 1 is 0.551 bits per heavy atom. The van der Waals surface area contributed by atoms with E-state index in [9.17, 15) is 4.79 Å². The van der Waals surface area contributed by atoms with Gasteiger partial charge in [-0.15, -0.1) is 0 Å². The topological polar surface area (TPSA) is 124 Å². The molecule has 1 atom stereocenters. The first kappa shape index (κ1) is 34.4. The first-order valence-corrected chi connectivity index (χ1v) is 15.3. The number of hydrogen-bond donors (Lipinski definition) is 2. The summed E-state index contributed by atoms with van der Waals surface area (Å²) in [7, 11) is 11.0. The van der Waals surface area contributed by atoms with E-state index in [4.69, 9.17) is 42.6 Å². The normalized spacial score (nSPS) is 13.4. The second kappa shape index (κ2) is 15.8. The minimum atomic E-state index is -0.459. The average molecular weight is 673 g/mol. The van der Waals surface area contributed by atoms with Gasteiger partial charge >= 0.3 is 0 Å². The van der Waals surface area contributed by atoms with E-state index in [1.165, 1.54) is 0 Å². The lowest BCUT2D eigenvalue weighted by molar-refractivity contribution is 0.0935. The van der Waals surface area contributed by atoms with Gasteiger partial charge in [-0.3, -0.25) is 4.79 Å². The third-order valence-electron chi connectivity index (χ3n) is 7.79. The maximum absolute atomic E-state index is 12.8. The number of nitrogens with one attached hydrogen (secondary N) is 2. The Labute approximate surface area is 285 Å². The van der Waals surface area contributed by atoms with E-state index in [1.54, 1.807) is 68.0 Å². The maximum atomic E-state index is 12.8. The Bertz CT molecular complexity index is 1770. The molecule has 12 heteroatoms. The third kappa shape index (κ3) is 7.64. The monoisotopic (exact) mass is 672 g/mol. The van der Waals surface area contributed by atoms with Crippen LogP contribution in [0.15, 0.2) is 60.7 Å². The molecule has 0 bridgehead atoms. The van der Waals surface area contributed by atoms with Crippen molar-refractivity contribution in [2.45, 2.75) is 6.17 Å². The van der Waals surface area contributed by atoms with Gasteiger partial charge in [-0.2, -0.15) is 0 Å². The summed E-state index contributed by atoms with van der Waals surface area (Å²) in [6, 6.07) is 18.2. The first-order valence-electron chi connectivity index (χ1n) is 15.3. The number of benzene rings is 4. The Hall–Kier alpha value is -5.91. The highest BCUT2D eigenvalue weighted by Crippen LogP contribution is 2.41. The van der Waals surface area contributed by atoms with Gasteiger partial charge in [0, 0.05) is 5.69 Å². The average Bonchev–Trinajstić information content (AvgIpc) is 3.14. The van der Waals surface area contributed by atoms with Crippen LogP contribution < -0.4 is 53.3 Å². The molecule has 0 aromatic heterocycles. The van der Waals surface area contributed by atoms with Crippen molar-refractivity contribution in [3.05, 3.63) is 82.9 Å². The summed E-state index contributed by atoms with van der Waals surface area (Å²) in [5.41, 5.74) is 3.68. The fourth-order valence-electron chi connectivity index (χ4n) is 5.34. The highest BCUT2D eigenvalue weighted by atomic mass is 16.6. The Balaban J connectivity index is 1.24. The molecular formula is C37H40N2O10. The quantitative estimate of drug-likeness (QED) is 0.110. The molecule has 1 unspecified atom stereocenters. The molecule has 258 valence electrons. The second-order valence-electron chi connectivity index (χ2n) is 10.6. The van der Waals surface area contributed by atoms with Crippen molar-refractivity contribution in [2.24, 2.45) is 0 Å². The molecule has 12 nitrogen and oxygen atoms in total. The SMILES string of the molecule is COc1ccc2c(c1)C(=O)NC(c1ccc(OCCOc3c(OC)cc(/C=C/c4cc(OC)c(OC)c(OC)c4)cc3OC)c(OC)c1)N2. The second-order valence-corrected chi connectivity index (χ2v) is 10.6. The van der Waals surface area contributed by atoms with Crippen LogP contribution in [0.4, 0.5) is 5.69 Å². The van der Waals surface area contributed by atoms with E-state index < -0.39 is 6.17 Å². The summed E-state index contributed by atoms with van der Waals surface area (Å²) in [6.07, 6.45) is 3.37. The number of ether oxygens (including phenoxy) is 9. The van der Waals surface area contributed by atoms with E-state index in [0.717, 1.165) is 16.7 Å². The summed E-state index contributed by atoms with van der Waals surface area (Å²) in [5.74, 6) is 4.49. The van der Waals surface area contributed by atoms with E-state index in [-0.39, 0.29) is 19.1 Å². The van der Waals surface area contributed by atoms with Gasteiger partial charge in [0.05, 0.1) is 55.3 Å². The first-order chi connectivity index (χ1) is 23.8. The fourth-order valence-corrected chi connectivity index (χ4v) is 5.34. The summed E-state index contributed by atoms with van der Waals surface area (Å²) in [6.45, 7) is 0.400. The Kier molecular flexibility index (Phi) is 11.1. The number of anilines is 1. The van der Waals surface area contributed by atoms with Gasteiger partial charge in [0.2, 0.25) is 11.5 Å². The highest BCUT2D eigenvalue weighted by molar-refractivity contribution is 6.02. The van der Waals surface area contributed by atoms with Gasteiger partial charge in [-0.1, -0.05) is 18.2 Å². The van der Waals surface area contributed by atoms with Gasteiger partial charge in [0.15, 0.2) is 34.5 Å². The lowest BCUT2D eigenvalue weighted by Crippen LogP contribution is -2.38. The molecule has 0 saturated heterocycles. The van der Waals surface area contributed by atoms with Gasteiger partial charge in [-0.25, -0.2) is 0 Å². The molecule has 0 spiro atoms. The van der Waals surface area contributed by atoms with E-state index in [2.05, 4.69) is 10.6 Å². The molecule has 1 aliphatic heterocycles. The number of amides is 1. The molecule has 1 aliphatic rings. The highest BCUT2D eigenvalue weighted by Gasteiger charge is 2.26. The standard InChI is InChI=1S/C37H40N2O10/c1-41-25-11-12-27-26(21-25)37(40)39-36(38-27)24-10-13-28(29(20-24)42-2)48-14-15-49-35-32(45-5)18-23(19-33(35)46-6)9-8-22-16-30(43-3)34(47-7)31(17-22)44-4/h8-13,16-21,36,38H,14-15H2,1-7H3,(H,39,40)/b9-8+. The summed E-state index contributed by atoms with van der Waals surface area (Å²) >= 11 is 0. The van der Waals surface area contributed by atoms with Gasteiger partial charge in [-0.05, 0) is 71.3 Å². The molecule has 0 fully saturated rings. The molecule has 0 saturated carbocycles. The van der Waals surface area contributed by atoms with Crippen LogP contribution in [0.3, 0.4) is 0 Å². The number of fused-ring (bicyclic) bond motifs is 1. The molecule has 4 aromatic carbocycles. The predicted molar refractivity (Wildman–Crippen MR) is 185 cm³/mol. The number of carbonyl (C=O) groups is 1. The minimum Gasteiger partial charge on any atom is -0.497 e. The summed E-state index contributed by atoms with van der Waals surface area (Å²) < 4.78 is 50.6. The van der Waals surface area contributed by atoms with Crippen molar-refractivity contribution < 1.29 is 47.4 Å². The zero-order valence-electron chi connectivity index (χ0n) is 28.5. The number of carbonyl (C=O) groups excluding carboxylic acids is 1. The lowest BCUT2D eigenvalue weighted by Gasteiger charge is -2.28. The van der Waals surface area contributed by atoms with Crippen molar-refractivity contribution >= 4 is 23.7 Å². The molecule has 49 heavy (non-hydrogen) atoms. The Morgan fingerprint density at radius 2 is 1.12 bits per heavy atom. The van der Waals surface area contributed by atoms with Crippen LogP contribution in [-0.2, 0) is 0 Å². The Morgan fingerprint density at radius 3 is 1.67 bits per heavy atom. The zero-order chi connectivity index (χ0) is 34.9. The van der Waals surface area contributed by atoms with E-state index in [0.29, 0.717) is 63.0 Å². The van der Waals surface area contributed by atoms with Crippen LogP contribution in [-0.4, -0.2) is 68.9 Å². The summed E-state index contributed by atoms with van der Waals surface area (Å²) in [4.78, 5) is 12.8. The van der Waals surface area contributed by atoms with Crippen LogP contribution >= 0.6 is 0 Å². The van der Waals surface area contributed by atoms with Crippen molar-refractivity contribution in [1.82, 2.24) is 5.32 Å². The molecule has 2 N–H and O–H groups in total. The molecular weight excluding hydrogens is 632 g/mol. The molecule has 0 radical (unpaired) electrons. The summed E-state index contributed by atoms with van der Waals surface area (Å²) in [5, 5.41) is 6.32. The van der Waals surface area contributed by atoms with Gasteiger partial charge in [0.25, 0.3) is 5.91 Å². The number of rotatable bonds is 15. The largest absolute Gasteiger partial charge is 0.497 e. The van der Waals surface area contributed by atoms with Crippen LogP contribution in [0.5, 0.6) is 51.7 Å². The van der Waals surface area contributed by atoms with Crippen molar-refractivity contribution in [1.29, 1.82) is 0 Å². The van der Waals surface area contributed by atoms with Crippen molar-refractivity contribution in [2.75, 3.05) is 68.3 Å². The smallest absolute Gasteiger partial charge is 0.255 e. The molecule has 5 rings (SSSR count). The van der Waals surface area contributed by atoms with E-state index in [1.807, 2.05) is 54.6 Å². The van der Waals surface area contributed by atoms with Crippen LogP contribution in [0.2, 0.25) is 0 Å². The maximum Gasteiger partial charge on any atom is 0.255 e. The van der Waals surface area contributed by atoms with Crippen LogP contribution in [0.25, 0.3) is 12.2 Å². The molecule has 0 aliphatic carbocycles. The lowest BCUT2D eigenvalue weighted by atomic mass is 10.0. The number of hydrogen-bond acceptors (Lipinski definition) is 11. The van der Waals surface area contributed by atoms with Crippen LogP contribution in [0.1, 0.15) is 33.2 Å². The van der Waals surface area contributed by atoms with Crippen molar-refractivity contribution in [3.8, 4) is 51.7 Å². The van der Waals surface area contributed by atoms with Crippen molar-refractivity contribution in [3.63, 3.8) is 0 Å². The van der Waals surface area contributed by atoms with E-state index >= 15 is 0 Å². The fraction of sp³-hybridized carbons (Fsp3) is 0.270. The number of methoxy groups -OCH3 is 7. The van der Waals surface area contributed by atoms with Crippen LogP contribution in [0, 0.1) is 0 Å². The molecule has 1 amide bonds. The molecule has 4 aromatic rings. The third-order valence-corrected chi connectivity index (χ3v) is 7.79. The predicted octanol–water partition coefficient (Wildman–Crippen LogP) is 6.23. The minimum absolute atomic E-state index is 0.193. The van der Waals surface area contributed by atoms with Gasteiger partial charge in [0.1, 0.15) is 25.1 Å². The molecule has 1 heterocycles. The van der Waals surface area contributed by atoms with Gasteiger partial charge < -0.3 is 53.3 Å².